The average molecular weight is 403 g/mol. The van der Waals surface area contributed by atoms with Crippen LogP contribution < -0.4 is 4.72 Å². The third-order valence-corrected chi connectivity index (χ3v) is 5.33. The number of furan rings is 1. The molecule has 3 rings (SSSR count). The van der Waals surface area contributed by atoms with Crippen LogP contribution in [0.25, 0.3) is 0 Å². The molecule has 8 nitrogen and oxygen atoms in total. The number of carbonyl (C=O) groups excluding carboxylic acids is 1. The van der Waals surface area contributed by atoms with E-state index in [0.29, 0.717) is 25.4 Å². The van der Waals surface area contributed by atoms with Gasteiger partial charge in [0.2, 0.25) is 0 Å². The van der Waals surface area contributed by atoms with Gasteiger partial charge in [-0.05, 0) is 40.9 Å². The zero-order chi connectivity index (χ0) is 16.4. The number of carbonyl (C=O) groups is 1. The van der Waals surface area contributed by atoms with E-state index in [1.54, 1.807) is 23.1 Å². The van der Waals surface area contributed by atoms with Gasteiger partial charge >= 0.3 is 16.1 Å². The van der Waals surface area contributed by atoms with Crippen molar-refractivity contribution in [2.75, 3.05) is 13.1 Å². The minimum atomic E-state index is -3.80. The lowest BCUT2D eigenvalue weighted by molar-refractivity contribution is 0.0950. The second kappa shape index (κ2) is 6.46. The molecule has 1 amide bonds. The Labute approximate surface area is 141 Å². The van der Waals surface area contributed by atoms with Crippen molar-refractivity contribution in [2.45, 2.75) is 19.4 Å². The number of aromatic nitrogens is 2. The van der Waals surface area contributed by atoms with E-state index in [0.717, 1.165) is 17.3 Å². The second-order valence-electron chi connectivity index (χ2n) is 5.16. The Kier molecular flexibility index (Phi) is 4.55. The molecule has 124 valence electrons. The molecule has 1 N–H and O–H groups in total. The first kappa shape index (κ1) is 16.2. The Balaban J connectivity index is 1.66. The molecule has 1 aliphatic heterocycles. The van der Waals surface area contributed by atoms with Gasteiger partial charge in [0.05, 0.1) is 17.2 Å². The maximum Gasteiger partial charge on any atom is 0.304 e. The summed E-state index contributed by atoms with van der Waals surface area (Å²) in [6, 6.07) is 3.07. The molecule has 3 heterocycles. The molecule has 0 aromatic carbocycles. The fraction of sp³-hybridized carbons (Fsp3) is 0.385. The van der Waals surface area contributed by atoms with Gasteiger partial charge in [-0.25, -0.2) is 4.72 Å². The Hall–Kier alpha value is -1.65. The van der Waals surface area contributed by atoms with Crippen LogP contribution in [0.5, 0.6) is 0 Å². The quantitative estimate of drug-likeness (QED) is 0.813. The minimum absolute atomic E-state index is 0.0472. The molecule has 0 saturated carbocycles. The predicted octanol–water partition coefficient (Wildman–Crippen LogP) is 1.36. The van der Waals surface area contributed by atoms with Gasteiger partial charge in [-0.2, -0.15) is 17.8 Å². The highest BCUT2D eigenvalue weighted by Crippen LogP contribution is 2.14. The second-order valence-corrected chi connectivity index (χ2v) is 7.75. The molecule has 2 aromatic rings. The van der Waals surface area contributed by atoms with Crippen LogP contribution in [0.4, 0.5) is 0 Å². The molecule has 10 heteroatoms. The largest absolute Gasteiger partial charge is 0.454 e. The lowest BCUT2D eigenvalue weighted by Crippen LogP contribution is -2.41. The van der Waals surface area contributed by atoms with Crippen LogP contribution in [0.1, 0.15) is 29.2 Å². The fourth-order valence-electron chi connectivity index (χ4n) is 2.33. The van der Waals surface area contributed by atoms with Gasteiger partial charge in [-0.1, -0.05) is 0 Å². The van der Waals surface area contributed by atoms with E-state index in [9.17, 15) is 13.2 Å². The van der Waals surface area contributed by atoms with Gasteiger partial charge < -0.3 is 4.42 Å². The molecule has 23 heavy (non-hydrogen) atoms. The van der Waals surface area contributed by atoms with Crippen LogP contribution in [-0.4, -0.2) is 41.5 Å². The van der Waals surface area contributed by atoms with Crippen LogP contribution in [0.2, 0.25) is 0 Å². The smallest absolute Gasteiger partial charge is 0.304 e. The number of rotatable bonds is 5. The summed E-state index contributed by atoms with van der Waals surface area (Å²) in [6.07, 6.45) is 5.01. The first-order valence-corrected chi connectivity index (χ1v) is 9.26. The maximum atomic E-state index is 12.1. The number of hydrogen-bond acceptors (Lipinski definition) is 5. The highest BCUT2D eigenvalue weighted by molar-refractivity contribution is 9.10. The highest BCUT2D eigenvalue weighted by atomic mass is 79.9. The molecular formula is C13H15BrN4O4S. The number of halogens is 1. The number of nitrogens with zero attached hydrogens (tertiary/aromatic N) is 3. The Bertz CT molecular complexity index is 808. The van der Waals surface area contributed by atoms with Crippen LogP contribution in [0.15, 0.2) is 33.4 Å². The zero-order valence-electron chi connectivity index (χ0n) is 12.1. The molecule has 0 unspecified atom stereocenters. The van der Waals surface area contributed by atoms with Crippen molar-refractivity contribution in [1.29, 1.82) is 0 Å². The normalized spacial score (nSPS) is 15.9. The Morgan fingerprint density at radius 2 is 2.09 bits per heavy atom. The van der Waals surface area contributed by atoms with E-state index in [2.05, 4.69) is 21.0 Å². The first-order valence-electron chi connectivity index (χ1n) is 7.03. The highest BCUT2D eigenvalue weighted by Gasteiger charge is 2.28. The number of amides is 1. The SMILES string of the molecule is O=C(NS(=O)(=O)N1CCCC1)c1ccc(Cn2cc(Br)cn2)o1. The van der Waals surface area contributed by atoms with Crippen molar-refractivity contribution in [3.8, 4) is 0 Å². The lowest BCUT2D eigenvalue weighted by Gasteiger charge is -2.15. The molecule has 1 fully saturated rings. The van der Waals surface area contributed by atoms with E-state index in [1.165, 1.54) is 10.4 Å². The number of nitrogens with one attached hydrogen (secondary N) is 1. The van der Waals surface area contributed by atoms with Crippen molar-refractivity contribution in [2.24, 2.45) is 0 Å². The molecular weight excluding hydrogens is 388 g/mol. The van der Waals surface area contributed by atoms with E-state index in [1.807, 2.05) is 4.72 Å². The summed E-state index contributed by atoms with van der Waals surface area (Å²) in [5.74, 6) is -0.317. The molecule has 1 saturated heterocycles. The zero-order valence-corrected chi connectivity index (χ0v) is 14.5. The molecule has 0 bridgehead atoms. The molecule has 1 aliphatic rings. The summed E-state index contributed by atoms with van der Waals surface area (Å²) in [7, 11) is -3.80. The third-order valence-electron chi connectivity index (χ3n) is 3.43. The molecule has 0 radical (unpaired) electrons. The summed E-state index contributed by atoms with van der Waals surface area (Å²) in [5, 5.41) is 4.08. The lowest BCUT2D eigenvalue weighted by atomic mass is 10.4. The van der Waals surface area contributed by atoms with E-state index in [4.69, 9.17) is 4.42 Å². The van der Waals surface area contributed by atoms with Crippen LogP contribution in [0.3, 0.4) is 0 Å². The van der Waals surface area contributed by atoms with Crippen molar-refractivity contribution < 1.29 is 17.6 Å². The third kappa shape index (κ3) is 3.82. The first-order chi connectivity index (χ1) is 10.9. The summed E-state index contributed by atoms with van der Waals surface area (Å²) in [4.78, 5) is 12.0. The molecule has 0 atom stereocenters. The van der Waals surface area contributed by atoms with Crippen LogP contribution in [-0.2, 0) is 16.8 Å². The standard InChI is InChI=1S/C13H15BrN4O4S/c14-10-7-15-17(8-10)9-11-3-4-12(22-11)13(19)16-23(20,21)18-5-1-2-6-18/h3-4,7-8H,1-2,5-6,9H2,(H,16,19). The minimum Gasteiger partial charge on any atom is -0.454 e. The van der Waals surface area contributed by atoms with E-state index in [-0.39, 0.29) is 5.76 Å². The monoisotopic (exact) mass is 402 g/mol. The summed E-state index contributed by atoms with van der Waals surface area (Å²) >= 11 is 3.29. The van der Waals surface area contributed by atoms with Crippen molar-refractivity contribution in [1.82, 2.24) is 18.8 Å². The van der Waals surface area contributed by atoms with E-state index >= 15 is 0 Å². The number of hydrogen-bond donors (Lipinski definition) is 1. The fourth-order valence-corrected chi connectivity index (χ4v) is 3.86. The summed E-state index contributed by atoms with van der Waals surface area (Å²) < 4.78 is 35.3. The predicted molar refractivity (Wildman–Crippen MR) is 84.9 cm³/mol. The van der Waals surface area contributed by atoms with Gasteiger partial charge in [-0.3, -0.25) is 9.48 Å². The Morgan fingerprint density at radius 3 is 2.74 bits per heavy atom. The molecule has 2 aromatic heterocycles. The van der Waals surface area contributed by atoms with Crippen molar-refractivity contribution >= 4 is 32.0 Å². The van der Waals surface area contributed by atoms with Gasteiger partial charge in [0.15, 0.2) is 5.76 Å². The summed E-state index contributed by atoms with van der Waals surface area (Å²) in [5.41, 5.74) is 0. The van der Waals surface area contributed by atoms with Crippen LogP contribution in [0, 0.1) is 0 Å². The van der Waals surface area contributed by atoms with Gasteiger partial charge in [0.1, 0.15) is 5.76 Å². The van der Waals surface area contributed by atoms with E-state index < -0.39 is 16.1 Å². The maximum absolute atomic E-state index is 12.1. The molecule has 0 aliphatic carbocycles. The van der Waals surface area contributed by atoms with Gasteiger partial charge in [0.25, 0.3) is 0 Å². The van der Waals surface area contributed by atoms with Gasteiger partial charge in [-0.15, -0.1) is 0 Å². The summed E-state index contributed by atoms with van der Waals surface area (Å²) in [6.45, 7) is 1.21. The average Bonchev–Trinajstić information content (AvgIpc) is 3.20. The van der Waals surface area contributed by atoms with Gasteiger partial charge in [0, 0.05) is 19.3 Å². The van der Waals surface area contributed by atoms with Crippen molar-refractivity contribution in [3.63, 3.8) is 0 Å². The molecule has 0 spiro atoms. The van der Waals surface area contributed by atoms with Crippen molar-refractivity contribution in [3.05, 3.63) is 40.5 Å². The Morgan fingerprint density at radius 1 is 1.35 bits per heavy atom. The topological polar surface area (TPSA) is 97.4 Å². The van der Waals surface area contributed by atoms with Crippen LogP contribution >= 0.6 is 15.9 Å².